The Morgan fingerprint density at radius 3 is 1.33 bits per heavy atom. The fourth-order valence-electron chi connectivity index (χ4n) is 5.25. The molecule has 0 amide bonds. The van der Waals surface area contributed by atoms with E-state index in [4.69, 9.17) is 0 Å². The van der Waals surface area contributed by atoms with Gasteiger partial charge in [-0.25, -0.2) is 0 Å². The second-order valence-corrected chi connectivity index (χ2v) is 13.3. The molecule has 4 nitrogen and oxygen atoms in total. The predicted molar refractivity (Wildman–Crippen MR) is 153 cm³/mol. The van der Waals surface area contributed by atoms with Gasteiger partial charge in [0.1, 0.15) is 0 Å². The Balaban J connectivity index is 2.31. The van der Waals surface area contributed by atoms with Crippen LogP contribution in [0.1, 0.15) is 134 Å². The highest BCUT2D eigenvalue weighted by Gasteiger charge is 2.36. The molecule has 1 aromatic rings. The molecular weight excluding hydrogens is 448 g/mol. The highest BCUT2D eigenvalue weighted by Crippen LogP contribution is 2.36. The van der Waals surface area contributed by atoms with Crippen LogP contribution < -0.4 is 0 Å². The van der Waals surface area contributed by atoms with Crippen molar-refractivity contribution in [2.45, 2.75) is 142 Å². The van der Waals surface area contributed by atoms with Crippen LogP contribution in [0.2, 0.25) is 0 Å². The first-order valence-corrected chi connectivity index (χ1v) is 14.5. The normalized spacial score (nSPS) is 13.9. The minimum atomic E-state index is -1.18. The molecule has 0 heterocycles. The third kappa shape index (κ3) is 10.4. The van der Waals surface area contributed by atoms with Gasteiger partial charge in [-0.05, 0) is 53.7 Å². The number of rotatable bonds is 17. The van der Waals surface area contributed by atoms with Gasteiger partial charge < -0.3 is 20.4 Å². The summed E-state index contributed by atoms with van der Waals surface area (Å²) in [4.78, 5) is 0. The average molecular weight is 507 g/mol. The van der Waals surface area contributed by atoms with Gasteiger partial charge in [0, 0.05) is 0 Å². The minimum absolute atomic E-state index is 0.166. The van der Waals surface area contributed by atoms with E-state index in [0.29, 0.717) is 6.42 Å². The van der Waals surface area contributed by atoms with Crippen LogP contribution >= 0.6 is 0 Å². The van der Waals surface area contributed by atoms with Gasteiger partial charge in [-0.15, -0.1) is 0 Å². The summed E-state index contributed by atoms with van der Waals surface area (Å²) in [5.41, 5.74) is 5.16. The van der Waals surface area contributed by atoms with Crippen molar-refractivity contribution in [2.75, 3.05) is 19.8 Å². The molecule has 0 aliphatic heterocycles. The number of aryl methyl sites for hydroxylation is 1. The van der Waals surface area contributed by atoms with Gasteiger partial charge in [-0.2, -0.15) is 0 Å². The van der Waals surface area contributed by atoms with Crippen molar-refractivity contribution in [1.82, 2.24) is 0 Å². The van der Waals surface area contributed by atoms with E-state index in [1.54, 1.807) is 5.56 Å². The smallest absolute Gasteiger partial charge is 0.0662 e. The highest BCUT2D eigenvalue weighted by atomic mass is 16.3. The molecule has 0 spiro atoms. The standard InChI is InChI=1S/C32H58O4/c1-25-20-27(30(2,3)4)26(28(21-25)31(5,6)7)18-16-14-12-10-8-9-11-13-15-17-19-29(36)32(22-33,23-34)24-35/h20-21,29,33-36H,8-19,22-24H2,1-7H3. The van der Waals surface area contributed by atoms with Gasteiger partial charge >= 0.3 is 0 Å². The Morgan fingerprint density at radius 2 is 0.972 bits per heavy atom. The van der Waals surface area contributed by atoms with E-state index in [0.717, 1.165) is 19.3 Å². The van der Waals surface area contributed by atoms with Crippen molar-refractivity contribution < 1.29 is 20.4 Å². The van der Waals surface area contributed by atoms with Crippen molar-refractivity contribution in [3.8, 4) is 0 Å². The van der Waals surface area contributed by atoms with Crippen LogP contribution in [0.25, 0.3) is 0 Å². The summed E-state index contributed by atoms with van der Waals surface area (Å²) in [5, 5.41) is 38.4. The van der Waals surface area contributed by atoms with Crippen molar-refractivity contribution >= 4 is 0 Å². The summed E-state index contributed by atoms with van der Waals surface area (Å²) in [6.45, 7) is 15.1. The second kappa shape index (κ2) is 15.5. The van der Waals surface area contributed by atoms with Gasteiger partial charge in [-0.1, -0.05) is 117 Å². The molecule has 210 valence electrons. The fraction of sp³-hybridized carbons (Fsp3) is 0.812. The largest absolute Gasteiger partial charge is 0.396 e. The van der Waals surface area contributed by atoms with Crippen molar-refractivity contribution in [1.29, 1.82) is 0 Å². The maximum atomic E-state index is 10.2. The van der Waals surface area contributed by atoms with Gasteiger partial charge in [0.05, 0.1) is 31.3 Å². The van der Waals surface area contributed by atoms with E-state index in [2.05, 4.69) is 60.6 Å². The molecule has 0 aliphatic rings. The topological polar surface area (TPSA) is 80.9 Å². The van der Waals surface area contributed by atoms with Gasteiger partial charge in [0.15, 0.2) is 0 Å². The summed E-state index contributed by atoms with van der Waals surface area (Å²) in [6, 6.07) is 4.82. The molecule has 0 aliphatic carbocycles. The van der Waals surface area contributed by atoms with Crippen LogP contribution in [0.5, 0.6) is 0 Å². The molecule has 36 heavy (non-hydrogen) atoms. The molecule has 0 saturated carbocycles. The SMILES string of the molecule is Cc1cc(C(C)(C)C)c(CCCCCCCCCCCCC(O)C(CO)(CO)CO)c(C(C)(C)C)c1. The number of aliphatic hydroxyl groups excluding tert-OH is 4. The summed E-state index contributed by atoms with van der Waals surface area (Å²) >= 11 is 0. The molecule has 1 atom stereocenters. The summed E-state index contributed by atoms with van der Waals surface area (Å²) in [5.74, 6) is 0. The van der Waals surface area contributed by atoms with E-state index in [1.807, 2.05) is 0 Å². The zero-order valence-electron chi connectivity index (χ0n) is 24.6. The second-order valence-electron chi connectivity index (χ2n) is 13.3. The van der Waals surface area contributed by atoms with E-state index < -0.39 is 31.3 Å². The third-order valence-electron chi connectivity index (χ3n) is 7.82. The number of benzene rings is 1. The lowest BCUT2D eigenvalue weighted by Crippen LogP contribution is -2.45. The first kappa shape index (κ1) is 33.1. The van der Waals surface area contributed by atoms with Crippen LogP contribution in [0.15, 0.2) is 12.1 Å². The van der Waals surface area contributed by atoms with E-state index in [9.17, 15) is 20.4 Å². The Hall–Kier alpha value is -0.940. The Morgan fingerprint density at radius 1 is 0.611 bits per heavy atom. The predicted octanol–water partition coefficient (Wildman–Crippen LogP) is 6.75. The van der Waals surface area contributed by atoms with Crippen LogP contribution in [-0.2, 0) is 17.3 Å². The monoisotopic (exact) mass is 506 g/mol. The average Bonchev–Trinajstić information content (AvgIpc) is 2.80. The maximum Gasteiger partial charge on any atom is 0.0662 e. The van der Waals surface area contributed by atoms with Crippen molar-refractivity contribution in [3.05, 3.63) is 34.4 Å². The quantitative estimate of drug-likeness (QED) is 0.176. The fourth-order valence-corrected chi connectivity index (χ4v) is 5.25. The molecule has 1 aromatic carbocycles. The van der Waals surface area contributed by atoms with Crippen molar-refractivity contribution in [2.24, 2.45) is 5.41 Å². The zero-order valence-corrected chi connectivity index (χ0v) is 24.6. The molecular formula is C32H58O4. The lowest BCUT2D eigenvalue weighted by atomic mass is 9.74. The van der Waals surface area contributed by atoms with Gasteiger partial charge in [0.25, 0.3) is 0 Å². The molecule has 1 unspecified atom stereocenters. The molecule has 4 heteroatoms. The van der Waals surface area contributed by atoms with Crippen molar-refractivity contribution in [3.63, 3.8) is 0 Å². The summed E-state index contributed by atoms with van der Waals surface area (Å²) < 4.78 is 0. The Bertz CT molecular complexity index is 694. The molecule has 0 saturated heterocycles. The maximum absolute atomic E-state index is 10.2. The summed E-state index contributed by atoms with van der Waals surface area (Å²) in [6.07, 6.45) is 12.8. The Kier molecular flexibility index (Phi) is 14.2. The molecule has 0 fully saturated rings. The molecule has 0 aromatic heterocycles. The Labute approximate surface area is 222 Å². The van der Waals surface area contributed by atoms with Crippen LogP contribution in [0, 0.1) is 12.3 Å². The molecule has 0 bridgehead atoms. The van der Waals surface area contributed by atoms with Gasteiger partial charge in [-0.3, -0.25) is 0 Å². The van der Waals surface area contributed by atoms with E-state index >= 15 is 0 Å². The molecule has 1 rings (SSSR count). The third-order valence-corrected chi connectivity index (χ3v) is 7.82. The van der Waals surface area contributed by atoms with Crippen LogP contribution in [-0.4, -0.2) is 46.4 Å². The van der Waals surface area contributed by atoms with Gasteiger partial charge in [0.2, 0.25) is 0 Å². The number of unbranched alkanes of at least 4 members (excludes halogenated alkanes) is 9. The molecule has 0 radical (unpaired) electrons. The highest BCUT2D eigenvalue weighted by molar-refractivity contribution is 5.45. The number of hydrogen-bond donors (Lipinski definition) is 4. The lowest BCUT2D eigenvalue weighted by molar-refractivity contribution is -0.0863. The molecule has 4 N–H and O–H groups in total. The first-order valence-electron chi connectivity index (χ1n) is 14.5. The first-order chi connectivity index (χ1) is 16.8. The van der Waals surface area contributed by atoms with E-state index in [-0.39, 0.29) is 10.8 Å². The zero-order chi connectivity index (χ0) is 27.4. The van der Waals surface area contributed by atoms with E-state index in [1.165, 1.54) is 68.1 Å². The number of hydrogen-bond acceptors (Lipinski definition) is 4. The summed E-state index contributed by atoms with van der Waals surface area (Å²) in [7, 11) is 0. The van der Waals surface area contributed by atoms with Crippen LogP contribution in [0.3, 0.4) is 0 Å². The number of aliphatic hydroxyl groups is 4. The lowest BCUT2D eigenvalue weighted by Gasteiger charge is -2.32. The van der Waals surface area contributed by atoms with Crippen LogP contribution in [0.4, 0.5) is 0 Å². The minimum Gasteiger partial charge on any atom is -0.396 e.